The van der Waals surface area contributed by atoms with E-state index in [2.05, 4.69) is 19.2 Å². The van der Waals surface area contributed by atoms with Crippen LogP contribution in [-0.2, 0) is 0 Å². The maximum atomic E-state index is 10.0. The summed E-state index contributed by atoms with van der Waals surface area (Å²) in [5.74, 6) is 0. The van der Waals surface area contributed by atoms with Gasteiger partial charge in [0, 0.05) is 6.04 Å². The van der Waals surface area contributed by atoms with Gasteiger partial charge < -0.3 is 10.4 Å². The van der Waals surface area contributed by atoms with Crippen molar-refractivity contribution in [2.75, 3.05) is 6.54 Å². The van der Waals surface area contributed by atoms with Gasteiger partial charge in [0.05, 0.1) is 6.10 Å². The molecule has 0 unspecified atom stereocenters. The zero-order chi connectivity index (χ0) is 11.8. The lowest BCUT2D eigenvalue weighted by atomic mass is 10.0. The molecule has 0 aromatic heterocycles. The topological polar surface area (TPSA) is 32.3 Å². The van der Waals surface area contributed by atoms with Crippen molar-refractivity contribution in [2.24, 2.45) is 0 Å². The van der Waals surface area contributed by atoms with E-state index in [0.29, 0.717) is 6.04 Å². The monoisotopic (exact) mass is 221 g/mol. The van der Waals surface area contributed by atoms with Crippen LogP contribution in [0.2, 0.25) is 0 Å². The number of aliphatic hydroxyl groups is 1. The van der Waals surface area contributed by atoms with Crippen molar-refractivity contribution in [3.63, 3.8) is 0 Å². The van der Waals surface area contributed by atoms with Gasteiger partial charge in [-0.1, -0.05) is 43.7 Å². The Morgan fingerprint density at radius 3 is 2.56 bits per heavy atom. The van der Waals surface area contributed by atoms with Crippen LogP contribution in [0.1, 0.15) is 44.8 Å². The second-order valence-corrected chi connectivity index (χ2v) is 4.37. The van der Waals surface area contributed by atoms with Crippen LogP contribution in [0.4, 0.5) is 0 Å². The van der Waals surface area contributed by atoms with E-state index in [1.54, 1.807) is 0 Å². The van der Waals surface area contributed by atoms with Crippen LogP contribution in [0.15, 0.2) is 30.3 Å². The van der Waals surface area contributed by atoms with E-state index in [-0.39, 0.29) is 6.10 Å². The van der Waals surface area contributed by atoms with Gasteiger partial charge in [-0.05, 0) is 31.9 Å². The summed E-state index contributed by atoms with van der Waals surface area (Å²) in [6.45, 7) is 5.35. The van der Waals surface area contributed by atoms with Gasteiger partial charge in [-0.2, -0.15) is 0 Å². The van der Waals surface area contributed by atoms with E-state index < -0.39 is 0 Å². The Balaban J connectivity index is 2.31. The molecule has 0 bridgehead atoms. The standard InChI is InChI=1S/C14H23NO/c1-3-4-10-15-12(2)11-14(16)13-8-6-5-7-9-13/h5-9,12,14-16H,3-4,10-11H2,1-2H3/t12-,14-/m0/s1. The highest BCUT2D eigenvalue weighted by atomic mass is 16.3. The summed E-state index contributed by atoms with van der Waals surface area (Å²) >= 11 is 0. The van der Waals surface area contributed by atoms with Crippen molar-refractivity contribution < 1.29 is 5.11 Å². The molecular formula is C14H23NO. The first-order valence-electron chi connectivity index (χ1n) is 6.20. The molecule has 0 aliphatic heterocycles. The molecule has 0 aliphatic carbocycles. The zero-order valence-electron chi connectivity index (χ0n) is 10.3. The van der Waals surface area contributed by atoms with Crippen LogP contribution in [0, 0.1) is 0 Å². The van der Waals surface area contributed by atoms with Gasteiger partial charge in [-0.3, -0.25) is 0 Å². The molecule has 2 N–H and O–H groups in total. The SMILES string of the molecule is CCCCN[C@@H](C)C[C@H](O)c1ccccc1. The minimum absolute atomic E-state index is 0.356. The van der Waals surface area contributed by atoms with E-state index in [4.69, 9.17) is 0 Å². The highest BCUT2D eigenvalue weighted by Crippen LogP contribution is 2.17. The lowest BCUT2D eigenvalue weighted by Gasteiger charge is -2.18. The van der Waals surface area contributed by atoms with E-state index in [1.165, 1.54) is 12.8 Å². The summed E-state index contributed by atoms with van der Waals surface area (Å²) in [7, 11) is 0. The Hall–Kier alpha value is -0.860. The van der Waals surface area contributed by atoms with Crippen LogP contribution in [0.3, 0.4) is 0 Å². The summed E-state index contributed by atoms with van der Waals surface area (Å²) in [6.07, 6.45) is 2.82. The molecule has 0 spiro atoms. The first-order valence-corrected chi connectivity index (χ1v) is 6.20. The molecule has 0 amide bonds. The fourth-order valence-corrected chi connectivity index (χ4v) is 1.75. The predicted octanol–water partition coefficient (Wildman–Crippen LogP) is 2.89. The predicted molar refractivity (Wildman–Crippen MR) is 68.4 cm³/mol. The van der Waals surface area contributed by atoms with E-state index in [1.807, 2.05) is 30.3 Å². The number of hydrogen-bond donors (Lipinski definition) is 2. The molecule has 2 heteroatoms. The Bertz CT molecular complexity index is 273. The van der Waals surface area contributed by atoms with E-state index in [0.717, 1.165) is 18.5 Å². The number of hydrogen-bond acceptors (Lipinski definition) is 2. The minimum atomic E-state index is -0.356. The number of benzene rings is 1. The van der Waals surface area contributed by atoms with Crippen molar-refractivity contribution in [1.29, 1.82) is 0 Å². The number of aliphatic hydroxyl groups excluding tert-OH is 1. The van der Waals surface area contributed by atoms with Crippen LogP contribution in [-0.4, -0.2) is 17.7 Å². The van der Waals surface area contributed by atoms with Crippen LogP contribution >= 0.6 is 0 Å². The molecule has 0 saturated heterocycles. The lowest BCUT2D eigenvalue weighted by molar-refractivity contribution is 0.154. The second-order valence-electron chi connectivity index (χ2n) is 4.37. The van der Waals surface area contributed by atoms with Gasteiger partial charge in [0.2, 0.25) is 0 Å². The fourth-order valence-electron chi connectivity index (χ4n) is 1.75. The number of unbranched alkanes of at least 4 members (excludes halogenated alkanes) is 1. The molecule has 16 heavy (non-hydrogen) atoms. The molecule has 0 saturated carbocycles. The molecule has 1 aromatic carbocycles. The average molecular weight is 221 g/mol. The van der Waals surface area contributed by atoms with Crippen molar-refractivity contribution in [3.05, 3.63) is 35.9 Å². The molecule has 2 atom stereocenters. The van der Waals surface area contributed by atoms with Crippen molar-refractivity contribution in [2.45, 2.75) is 45.3 Å². The first kappa shape index (κ1) is 13.2. The average Bonchev–Trinajstić information content (AvgIpc) is 2.30. The molecule has 0 fully saturated rings. The Morgan fingerprint density at radius 1 is 1.25 bits per heavy atom. The molecule has 0 aliphatic rings. The Labute approximate surface area is 98.7 Å². The normalized spacial score (nSPS) is 14.7. The molecule has 2 nitrogen and oxygen atoms in total. The van der Waals surface area contributed by atoms with Gasteiger partial charge in [-0.15, -0.1) is 0 Å². The van der Waals surface area contributed by atoms with Gasteiger partial charge >= 0.3 is 0 Å². The molecule has 90 valence electrons. The number of nitrogens with one attached hydrogen (secondary N) is 1. The highest BCUT2D eigenvalue weighted by Gasteiger charge is 2.11. The van der Waals surface area contributed by atoms with Crippen molar-refractivity contribution >= 4 is 0 Å². The number of rotatable bonds is 7. The fraction of sp³-hybridized carbons (Fsp3) is 0.571. The molecule has 0 heterocycles. The van der Waals surface area contributed by atoms with E-state index in [9.17, 15) is 5.11 Å². The summed E-state index contributed by atoms with van der Waals surface area (Å²) < 4.78 is 0. The Morgan fingerprint density at radius 2 is 1.94 bits per heavy atom. The lowest BCUT2D eigenvalue weighted by Crippen LogP contribution is -2.28. The Kier molecular flexibility index (Phi) is 6.12. The van der Waals surface area contributed by atoms with Crippen LogP contribution < -0.4 is 5.32 Å². The van der Waals surface area contributed by atoms with Crippen molar-refractivity contribution in [3.8, 4) is 0 Å². The van der Waals surface area contributed by atoms with E-state index >= 15 is 0 Å². The maximum absolute atomic E-state index is 10.0. The molecule has 1 rings (SSSR count). The van der Waals surface area contributed by atoms with Gasteiger partial charge in [0.25, 0.3) is 0 Å². The zero-order valence-corrected chi connectivity index (χ0v) is 10.3. The molecular weight excluding hydrogens is 198 g/mol. The summed E-state index contributed by atoms with van der Waals surface area (Å²) in [5, 5.41) is 13.4. The van der Waals surface area contributed by atoms with Crippen LogP contribution in [0.25, 0.3) is 0 Å². The molecule has 1 aromatic rings. The molecule has 0 radical (unpaired) electrons. The first-order chi connectivity index (χ1) is 7.74. The largest absolute Gasteiger partial charge is 0.388 e. The maximum Gasteiger partial charge on any atom is 0.0804 e. The second kappa shape index (κ2) is 7.42. The quantitative estimate of drug-likeness (QED) is 0.694. The minimum Gasteiger partial charge on any atom is -0.388 e. The third-order valence-electron chi connectivity index (χ3n) is 2.78. The smallest absolute Gasteiger partial charge is 0.0804 e. The van der Waals surface area contributed by atoms with Gasteiger partial charge in [0.1, 0.15) is 0 Å². The summed E-state index contributed by atoms with van der Waals surface area (Å²) in [5.41, 5.74) is 1.01. The van der Waals surface area contributed by atoms with Crippen LogP contribution in [0.5, 0.6) is 0 Å². The third kappa shape index (κ3) is 4.77. The van der Waals surface area contributed by atoms with Crippen molar-refractivity contribution in [1.82, 2.24) is 5.32 Å². The summed E-state index contributed by atoms with van der Waals surface area (Å²) in [4.78, 5) is 0. The highest BCUT2D eigenvalue weighted by molar-refractivity contribution is 5.17. The third-order valence-corrected chi connectivity index (χ3v) is 2.78. The van der Waals surface area contributed by atoms with Gasteiger partial charge in [-0.25, -0.2) is 0 Å². The summed E-state index contributed by atoms with van der Waals surface area (Å²) in [6, 6.07) is 10.2. The van der Waals surface area contributed by atoms with Gasteiger partial charge in [0.15, 0.2) is 0 Å².